The lowest BCUT2D eigenvalue weighted by Crippen LogP contribution is -2.49. The average molecular weight is 368 g/mol. The number of sulfonamides is 1. The molecule has 140 valence electrons. The minimum atomic E-state index is -3.39. The fourth-order valence-corrected chi connectivity index (χ4v) is 4.10. The number of benzene rings is 1. The van der Waals surface area contributed by atoms with Crippen molar-refractivity contribution in [1.82, 2.24) is 4.31 Å². The van der Waals surface area contributed by atoms with Crippen LogP contribution in [0, 0.1) is 6.92 Å². The first-order chi connectivity index (χ1) is 11.8. The third-order valence-electron chi connectivity index (χ3n) is 4.40. The number of rotatable bonds is 7. The van der Waals surface area contributed by atoms with Crippen LogP contribution >= 0.6 is 0 Å². The van der Waals surface area contributed by atoms with Crippen LogP contribution in [-0.4, -0.2) is 44.1 Å². The van der Waals surface area contributed by atoms with E-state index in [0.717, 1.165) is 43.3 Å². The summed E-state index contributed by atoms with van der Waals surface area (Å²) in [4.78, 5) is 12.6. The smallest absolute Gasteiger partial charge is 0.242 e. The highest BCUT2D eigenvalue weighted by molar-refractivity contribution is 7.88. The van der Waals surface area contributed by atoms with E-state index in [1.165, 1.54) is 4.31 Å². The van der Waals surface area contributed by atoms with E-state index in [4.69, 9.17) is 4.74 Å². The third kappa shape index (κ3) is 5.44. The molecule has 0 radical (unpaired) electrons. The van der Waals surface area contributed by atoms with Gasteiger partial charge in [0.1, 0.15) is 11.8 Å². The van der Waals surface area contributed by atoms with Gasteiger partial charge in [-0.15, -0.1) is 0 Å². The number of nitrogens with zero attached hydrogens (tertiary/aromatic N) is 1. The van der Waals surface area contributed by atoms with Crippen molar-refractivity contribution in [2.75, 3.05) is 24.7 Å². The zero-order chi connectivity index (χ0) is 18.4. The SMILES string of the molecule is CCCCOc1ccc(NC(=O)C2CCCCN2S(C)(=O)=O)c(C)c1. The number of nitrogens with one attached hydrogen (secondary N) is 1. The fraction of sp³-hybridized carbons (Fsp3) is 0.611. The molecule has 25 heavy (non-hydrogen) atoms. The first-order valence-electron chi connectivity index (χ1n) is 8.84. The molecule has 0 saturated carbocycles. The Labute approximate surface area is 150 Å². The first kappa shape index (κ1) is 19.7. The molecule has 1 amide bonds. The number of hydrogen-bond donors (Lipinski definition) is 1. The van der Waals surface area contributed by atoms with Crippen molar-refractivity contribution in [2.45, 2.75) is 52.0 Å². The Morgan fingerprint density at radius 2 is 2.12 bits per heavy atom. The normalized spacial score (nSPS) is 18.8. The molecule has 0 aliphatic carbocycles. The van der Waals surface area contributed by atoms with Crippen LogP contribution in [-0.2, 0) is 14.8 Å². The van der Waals surface area contributed by atoms with Gasteiger partial charge in [-0.05, 0) is 49.9 Å². The van der Waals surface area contributed by atoms with Crippen molar-refractivity contribution in [3.05, 3.63) is 23.8 Å². The van der Waals surface area contributed by atoms with Gasteiger partial charge < -0.3 is 10.1 Å². The molecule has 1 fully saturated rings. The lowest BCUT2D eigenvalue weighted by molar-refractivity contribution is -0.120. The van der Waals surface area contributed by atoms with Crippen molar-refractivity contribution in [2.24, 2.45) is 0 Å². The maximum Gasteiger partial charge on any atom is 0.242 e. The van der Waals surface area contributed by atoms with Crippen molar-refractivity contribution >= 4 is 21.6 Å². The highest BCUT2D eigenvalue weighted by atomic mass is 32.2. The fourth-order valence-electron chi connectivity index (χ4n) is 2.98. The largest absolute Gasteiger partial charge is 0.494 e. The molecule has 1 aliphatic rings. The second-order valence-electron chi connectivity index (χ2n) is 6.55. The summed E-state index contributed by atoms with van der Waals surface area (Å²) in [5.74, 6) is 0.507. The van der Waals surface area contributed by atoms with E-state index in [-0.39, 0.29) is 5.91 Å². The molecular weight excluding hydrogens is 340 g/mol. The van der Waals surface area contributed by atoms with Gasteiger partial charge in [0.2, 0.25) is 15.9 Å². The molecule has 0 bridgehead atoms. The van der Waals surface area contributed by atoms with Crippen LogP contribution in [0.3, 0.4) is 0 Å². The number of aryl methyl sites for hydroxylation is 1. The Morgan fingerprint density at radius 3 is 2.76 bits per heavy atom. The summed E-state index contributed by atoms with van der Waals surface area (Å²) in [6.07, 6.45) is 5.43. The molecule has 1 aliphatic heterocycles. The number of anilines is 1. The summed E-state index contributed by atoms with van der Waals surface area (Å²) in [6.45, 7) is 5.09. The zero-order valence-corrected chi connectivity index (χ0v) is 16.1. The Bertz CT molecular complexity index is 703. The minimum absolute atomic E-state index is 0.270. The van der Waals surface area contributed by atoms with Crippen LogP contribution in [0.25, 0.3) is 0 Å². The highest BCUT2D eigenvalue weighted by Crippen LogP contribution is 2.25. The molecule has 1 aromatic rings. The number of carbonyl (C=O) groups is 1. The molecule has 0 aromatic heterocycles. The van der Waals surface area contributed by atoms with E-state index >= 15 is 0 Å². The van der Waals surface area contributed by atoms with Crippen LogP contribution in [0.5, 0.6) is 5.75 Å². The summed E-state index contributed by atoms with van der Waals surface area (Å²) in [7, 11) is -3.39. The Hall–Kier alpha value is -1.60. The first-order valence-corrected chi connectivity index (χ1v) is 10.7. The maximum absolute atomic E-state index is 12.6. The molecule has 7 heteroatoms. The van der Waals surface area contributed by atoms with Gasteiger partial charge >= 0.3 is 0 Å². The molecule has 0 spiro atoms. The quantitative estimate of drug-likeness (QED) is 0.751. The topological polar surface area (TPSA) is 75.7 Å². The lowest BCUT2D eigenvalue weighted by atomic mass is 10.0. The Kier molecular flexibility index (Phi) is 6.84. The molecule has 1 aromatic carbocycles. The van der Waals surface area contributed by atoms with Crippen LogP contribution < -0.4 is 10.1 Å². The van der Waals surface area contributed by atoms with Crippen LogP contribution in [0.4, 0.5) is 5.69 Å². The molecule has 2 rings (SSSR count). The average Bonchev–Trinajstić information content (AvgIpc) is 2.56. The number of unbranched alkanes of at least 4 members (excludes halogenated alkanes) is 1. The van der Waals surface area contributed by atoms with Gasteiger partial charge in [0.25, 0.3) is 0 Å². The lowest BCUT2D eigenvalue weighted by Gasteiger charge is -2.32. The van der Waals surface area contributed by atoms with Crippen LogP contribution in [0.2, 0.25) is 0 Å². The third-order valence-corrected chi connectivity index (χ3v) is 5.69. The molecular formula is C18H28N2O4S. The van der Waals surface area contributed by atoms with E-state index in [0.29, 0.717) is 25.3 Å². The van der Waals surface area contributed by atoms with E-state index in [1.807, 2.05) is 25.1 Å². The van der Waals surface area contributed by atoms with E-state index in [1.54, 1.807) is 0 Å². The highest BCUT2D eigenvalue weighted by Gasteiger charge is 2.34. The summed E-state index contributed by atoms with van der Waals surface area (Å²) < 4.78 is 30.8. The zero-order valence-electron chi connectivity index (χ0n) is 15.2. The molecule has 1 unspecified atom stereocenters. The summed E-state index contributed by atoms with van der Waals surface area (Å²) in [5.41, 5.74) is 1.58. The minimum Gasteiger partial charge on any atom is -0.494 e. The Morgan fingerprint density at radius 1 is 1.36 bits per heavy atom. The Balaban J connectivity index is 2.06. The van der Waals surface area contributed by atoms with Crippen molar-refractivity contribution < 1.29 is 17.9 Å². The predicted molar refractivity (Wildman–Crippen MR) is 99.4 cm³/mol. The number of carbonyl (C=O) groups excluding carboxylic acids is 1. The van der Waals surface area contributed by atoms with Gasteiger partial charge in [-0.25, -0.2) is 8.42 Å². The van der Waals surface area contributed by atoms with E-state index < -0.39 is 16.1 Å². The van der Waals surface area contributed by atoms with E-state index in [9.17, 15) is 13.2 Å². The van der Waals surface area contributed by atoms with Gasteiger partial charge in [-0.1, -0.05) is 19.8 Å². The number of ether oxygens (including phenoxy) is 1. The summed E-state index contributed by atoms with van der Waals surface area (Å²) >= 11 is 0. The van der Waals surface area contributed by atoms with Crippen molar-refractivity contribution in [3.63, 3.8) is 0 Å². The predicted octanol–water partition coefficient (Wildman–Crippen LogP) is 2.93. The summed E-state index contributed by atoms with van der Waals surface area (Å²) in [6, 6.07) is 4.89. The van der Waals surface area contributed by atoms with Gasteiger partial charge in [0.05, 0.1) is 12.9 Å². The molecule has 1 N–H and O–H groups in total. The second kappa shape index (κ2) is 8.67. The number of hydrogen-bond acceptors (Lipinski definition) is 4. The van der Waals surface area contributed by atoms with Crippen LogP contribution in [0.15, 0.2) is 18.2 Å². The molecule has 1 saturated heterocycles. The molecule has 1 heterocycles. The van der Waals surface area contributed by atoms with Crippen LogP contribution in [0.1, 0.15) is 44.6 Å². The second-order valence-corrected chi connectivity index (χ2v) is 8.49. The van der Waals surface area contributed by atoms with Crippen molar-refractivity contribution in [3.8, 4) is 5.75 Å². The van der Waals surface area contributed by atoms with Gasteiger partial charge in [-0.2, -0.15) is 4.31 Å². The van der Waals surface area contributed by atoms with Gasteiger partial charge in [0.15, 0.2) is 0 Å². The number of piperidine rings is 1. The standard InChI is InChI=1S/C18H28N2O4S/c1-4-5-12-24-15-9-10-16(14(2)13-15)19-18(21)17-8-6-7-11-20(17)25(3,22)23/h9-10,13,17H,4-8,11-12H2,1-3H3,(H,19,21). The molecule has 6 nitrogen and oxygen atoms in total. The maximum atomic E-state index is 12.6. The molecule has 1 atom stereocenters. The van der Waals surface area contributed by atoms with Gasteiger partial charge in [-0.3, -0.25) is 4.79 Å². The summed E-state index contributed by atoms with van der Waals surface area (Å²) in [5, 5.41) is 2.88. The van der Waals surface area contributed by atoms with Gasteiger partial charge in [0, 0.05) is 12.2 Å². The monoisotopic (exact) mass is 368 g/mol. The van der Waals surface area contributed by atoms with E-state index in [2.05, 4.69) is 12.2 Å². The number of amides is 1. The van der Waals surface area contributed by atoms with Crippen molar-refractivity contribution in [1.29, 1.82) is 0 Å².